The van der Waals surface area contributed by atoms with E-state index in [9.17, 15) is 14.0 Å². The molecule has 0 unspecified atom stereocenters. The maximum absolute atomic E-state index is 13.9. The number of methoxy groups -OCH3 is 1. The van der Waals surface area contributed by atoms with Crippen LogP contribution < -0.4 is 10.1 Å². The van der Waals surface area contributed by atoms with Crippen molar-refractivity contribution in [2.75, 3.05) is 33.4 Å². The van der Waals surface area contributed by atoms with Crippen molar-refractivity contribution in [3.05, 3.63) is 65.5 Å². The number of likely N-dealkylation sites (tertiary alicyclic amines) is 1. The molecule has 0 bridgehead atoms. The summed E-state index contributed by atoms with van der Waals surface area (Å²) < 4.78 is 30.0. The third kappa shape index (κ3) is 4.77. The van der Waals surface area contributed by atoms with E-state index in [0.717, 1.165) is 31.4 Å². The van der Waals surface area contributed by atoms with E-state index in [0.29, 0.717) is 43.9 Å². The van der Waals surface area contributed by atoms with Gasteiger partial charge in [-0.2, -0.15) is 0 Å². The summed E-state index contributed by atoms with van der Waals surface area (Å²) in [5.41, 5.74) is 0.406. The van der Waals surface area contributed by atoms with Crippen LogP contribution in [-0.4, -0.2) is 61.8 Å². The third-order valence-electron chi connectivity index (χ3n) is 7.55. The van der Waals surface area contributed by atoms with Crippen molar-refractivity contribution in [3.8, 4) is 5.75 Å². The number of nitrogens with zero attached hydrogens (tertiary/aromatic N) is 1. The van der Waals surface area contributed by atoms with Gasteiger partial charge >= 0.3 is 5.97 Å². The Kier molecular flexibility index (Phi) is 6.51. The van der Waals surface area contributed by atoms with Gasteiger partial charge in [0.15, 0.2) is 0 Å². The second-order valence-electron chi connectivity index (χ2n) is 9.68. The summed E-state index contributed by atoms with van der Waals surface area (Å²) in [6.45, 7) is 2.39. The largest absolute Gasteiger partial charge is 0.489 e. The lowest BCUT2D eigenvalue weighted by Crippen LogP contribution is -2.62. The van der Waals surface area contributed by atoms with Crippen molar-refractivity contribution in [2.45, 2.75) is 49.3 Å². The fourth-order valence-corrected chi connectivity index (χ4v) is 5.33. The highest BCUT2D eigenvalue weighted by Crippen LogP contribution is 2.46. The van der Waals surface area contributed by atoms with Gasteiger partial charge in [-0.05, 0) is 61.9 Å². The van der Waals surface area contributed by atoms with Crippen LogP contribution in [0, 0.1) is 5.82 Å². The molecule has 0 spiro atoms. The van der Waals surface area contributed by atoms with Crippen molar-refractivity contribution in [2.24, 2.45) is 0 Å². The topological polar surface area (TPSA) is 77.1 Å². The maximum Gasteiger partial charge on any atom is 0.337 e. The lowest BCUT2D eigenvalue weighted by Gasteiger charge is -2.43. The Morgan fingerprint density at radius 1 is 1.09 bits per heavy atom. The number of carbonyl (C=O) groups is 2. The average Bonchev–Trinajstić information content (AvgIpc) is 3.51. The Hall–Kier alpha value is -2.97. The number of halogens is 1. The summed E-state index contributed by atoms with van der Waals surface area (Å²) >= 11 is 0. The summed E-state index contributed by atoms with van der Waals surface area (Å²) in [7, 11) is 1.36. The van der Waals surface area contributed by atoms with Crippen LogP contribution in [0.25, 0.3) is 0 Å². The lowest BCUT2D eigenvalue weighted by molar-refractivity contribution is -0.141. The molecular weight excluding hydrogens is 451 g/mol. The molecule has 35 heavy (non-hydrogen) atoms. The van der Waals surface area contributed by atoms with E-state index in [4.69, 9.17) is 14.2 Å². The standard InChI is InChI=1S/C27H31FN2O5/c1-33-24(31)19-5-7-20(8-6-19)26(10-11-26)29-25(32)27(12-15-34-16-13-27)30-14-9-23(18-30)35-22-4-2-3-21(28)17-22/h2-8,17,23H,9-16,18H2,1H3,(H,29,32)/t23-/m1/s1. The minimum absolute atomic E-state index is 0.0155. The fraction of sp³-hybridized carbons (Fsp3) is 0.481. The molecule has 1 saturated carbocycles. The maximum atomic E-state index is 13.9. The van der Waals surface area contributed by atoms with Gasteiger partial charge in [-0.3, -0.25) is 9.69 Å². The zero-order valence-electron chi connectivity index (χ0n) is 19.9. The molecule has 1 amide bonds. The Morgan fingerprint density at radius 2 is 1.83 bits per heavy atom. The molecule has 3 aliphatic rings. The van der Waals surface area contributed by atoms with Crippen LogP contribution in [0.4, 0.5) is 4.39 Å². The molecule has 1 atom stereocenters. The Balaban J connectivity index is 1.30. The van der Waals surface area contributed by atoms with Gasteiger partial charge in [-0.15, -0.1) is 0 Å². The normalized spacial score (nSPS) is 22.9. The predicted molar refractivity (Wildman–Crippen MR) is 127 cm³/mol. The van der Waals surface area contributed by atoms with E-state index in [1.54, 1.807) is 24.3 Å². The molecule has 2 aliphatic heterocycles. The highest BCUT2D eigenvalue weighted by atomic mass is 19.1. The van der Waals surface area contributed by atoms with Crippen LogP contribution in [0.3, 0.4) is 0 Å². The second-order valence-corrected chi connectivity index (χ2v) is 9.68. The first-order chi connectivity index (χ1) is 16.9. The van der Waals surface area contributed by atoms with E-state index in [1.807, 2.05) is 12.1 Å². The number of hydrogen-bond donors (Lipinski definition) is 1. The van der Waals surface area contributed by atoms with E-state index in [-0.39, 0.29) is 23.8 Å². The number of nitrogens with one attached hydrogen (secondary N) is 1. The number of ether oxygens (including phenoxy) is 3. The van der Waals surface area contributed by atoms with Crippen molar-refractivity contribution < 1.29 is 28.2 Å². The van der Waals surface area contributed by atoms with E-state index in [2.05, 4.69) is 10.2 Å². The highest BCUT2D eigenvalue weighted by Gasteiger charge is 2.53. The number of amides is 1. The summed E-state index contributed by atoms with van der Waals surface area (Å²) in [6, 6.07) is 13.5. The molecular formula is C27H31FN2O5. The van der Waals surface area contributed by atoms with Crippen LogP contribution in [0.1, 0.15) is 48.0 Å². The summed E-state index contributed by atoms with van der Waals surface area (Å²) in [5, 5.41) is 3.36. The molecule has 186 valence electrons. The zero-order valence-corrected chi connectivity index (χ0v) is 19.9. The average molecular weight is 483 g/mol. The molecule has 1 N–H and O–H groups in total. The van der Waals surface area contributed by atoms with Gasteiger partial charge in [0.05, 0.1) is 18.2 Å². The minimum Gasteiger partial charge on any atom is -0.489 e. The van der Waals surface area contributed by atoms with Gasteiger partial charge in [0.25, 0.3) is 0 Å². The Morgan fingerprint density at radius 3 is 2.49 bits per heavy atom. The number of esters is 1. The highest BCUT2D eigenvalue weighted by molar-refractivity contribution is 5.90. The summed E-state index contributed by atoms with van der Waals surface area (Å²) in [4.78, 5) is 27.9. The Labute approximate surface area is 204 Å². The van der Waals surface area contributed by atoms with Gasteiger partial charge in [0.2, 0.25) is 5.91 Å². The summed E-state index contributed by atoms with van der Waals surface area (Å²) in [6.07, 6.45) is 3.60. The van der Waals surface area contributed by atoms with Crippen LogP contribution in [0.15, 0.2) is 48.5 Å². The van der Waals surface area contributed by atoms with Crippen molar-refractivity contribution in [3.63, 3.8) is 0 Å². The molecule has 7 nitrogen and oxygen atoms in total. The molecule has 2 heterocycles. The van der Waals surface area contributed by atoms with E-state index in [1.165, 1.54) is 19.2 Å². The van der Waals surface area contributed by atoms with Crippen molar-refractivity contribution in [1.29, 1.82) is 0 Å². The SMILES string of the molecule is COC(=O)c1ccc(C2(NC(=O)C3(N4CC[C@@H](Oc5cccc(F)c5)C4)CCOCC3)CC2)cc1. The van der Waals surface area contributed by atoms with E-state index >= 15 is 0 Å². The monoisotopic (exact) mass is 482 g/mol. The molecule has 2 aromatic rings. The van der Waals surface area contributed by atoms with Crippen molar-refractivity contribution >= 4 is 11.9 Å². The molecule has 2 saturated heterocycles. The predicted octanol–water partition coefficient (Wildman–Crippen LogP) is 3.42. The molecule has 0 aromatic heterocycles. The molecule has 2 aromatic carbocycles. The van der Waals surface area contributed by atoms with Gasteiger partial charge in [-0.1, -0.05) is 18.2 Å². The van der Waals surface area contributed by atoms with Gasteiger partial charge in [0.1, 0.15) is 23.2 Å². The van der Waals surface area contributed by atoms with Crippen LogP contribution in [-0.2, 0) is 19.8 Å². The quantitative estimate of drug-likeness (QED) is 0.610. The molecule has 0 radical (unpaired) electrons. The number of rotatable bonds is 7. The van der Waals surface area contributed by atoms with E-state index < -0.39 is 11.1 Å². The molecule has 1 aliphatic carbocycles. The lowest BCUT2D eigenvalue weighted by atomic mass is 9.86. The van der Waals surface area contributed by atoms with Crippen molar-refractivity contribution in [1.82, 2.24) is 10.2 Å². The first-order valence-electron chi connectivity index (χ1n) is 12.2. The van der Waals surface area contributed by atoms with Gasteiger partial charge in [-0.25, -0.2) is 9.18 Å². The first kappa shape index (κ1) is 23.8. The molecule has 8 heteroatoms. The van der Waals surface area contributed by atoms with Crippen LogP contribution in [0.2, 0.25) is 0 Å². The summed E-state index contributed by atoms with van der Waals surface area (Å²) in [5.74, 6) is -0.181. The number of carbonyl (C=O) groups excluding carboxylic acids is 2. The first-order valence-corrected chi connectivity index (χ1v) is 12.2. The van der Waals surface area contributed by atoms with Gasteiger partial charge < -0.3 is 19.5 Å². The smallest absolute Gasteiger partial charge is 0.337 e. The second kappa shape index (κ2) is 9.59. The number of hydrogen-bond acceptors (Lipinski definition) is 6. The molecule has 3 fully saturated rings. The van der Waals surface area contributed by atoms with Gasteiger partial charge in [0, 0.05) is 32.4 Å². The van der Waals surface area contributed by atoms with Crippen LogP contribution >= 0.6 is 0 Å². The Bertz CT molecular complexity index is 1080. The fourth-order valence-electron chi connectivity index (χ4n) is 5.33. The van der Waals surface area contributed by atoms with Crippen LogP contribution in [0.5, 0.6) is 5.75 Å². The molecule has 5 rings (SSSR count). The third-order valence-corrected chi connectivity index (χ3v) is 7.55. The zero-order chi connectivity index (χ0) is 24.5. The number of benzene rings is 2. The minimum atomic E-state index is -0.667.